The Morgan fingerprint density at radius 3 is 2.94 bits per heavy atom. The van der Waals surface area contributed by atoms with Crippen molar-refractivity contribution in [3.8, 4) is 6.07 Å². The smallest absolute Gasteiger partial charge is 0.352 e. The predicted octanol–water partition coefficient (Wildman–Crippen LogP) is 0.226. The van der Waals surface area contributed by atoms with Crippen LogP contribution in [0.25, 0.3) is 0 Å². The third kappa shape index (κ3) is 3.87. The normalized spacial score (nSPS) is 20.0. The van der Waals surface area contributed by atoms with E-state index >= 15 is 0 Å². The highest BCUT2D eigenvalue weighted by Gasteiger charge is 2.54. The van der Waals surface area contributed by atoms with Gasteiger partial charge in [-0.25, -0.2) is 9.48 Å². The zero-order chi connectivity index (χ0) is 22.1. The number of benzene rings is 1. The number of nitrogens with zero attached hydrogens (tertiary/aromatic N) is 6. The average molecular weight is 457 g/mol. The maximum atomic E-state index is 12.7. The van der Waals surface area contributed by atoms with Crippen LogP contribution in [0.4, 0.5) is 0 Å². The molecule has 4 rings (SSSR count). The number of carbonyl (C=O) groups excluding carboxylic acids is 2. The Kier molecular flexibility index (Phi) is 5.66. The summed E-state index contributed by atoms with van der Waals surface area (Å²) in [7, 11) is 1.68. The van der Waals surface area contributed by atoms with Crippen LogP contribution in [-0.2, 0) is 16.6 Å². The Hall–Kier alpha value is -3.37. The Balaban J connectivity index is 1.49. The predicted molar refractivity (Wildman–Crippen MR) is 110 cm³/mol. The number of tetrazole rings is 1. The van der Waals surface area contributed by atoms with E-state index in [0.29, 0.717) is 27.8 Å². The van der Waals surface area contributed by atoms with E-state index in [0.717, 1.165) is 0 Å². The highest BCUT2D eigenvalue weighted by molar-refractivity contribution is 8.01. The number of β-lactam (4-membered cyclic amide) rings is 1. The monoisotopic (exact) mass is 457 g/mol. The van der Waals surface area contributed by atoms with Gasteiger partial charge in [-0.1, -0.05) is 17.8 Å². The summed E-state index contributed by atoms with van der Waals surface area (Å²) >= 11 is 2.67. The van der Waals surface area contributed by atoms with Gasteiger partial charge in [-0.15, -0.1) is 16.9 Å². The van der Waals surface area contributed by atoms with E-state index in [-0.39, 0.29) is 11.3 Å². The first-order valence-corrected chi connectivity index (χ1v) is 11.0. The summed E-state index contributed by atoms with van der Waals surface area (Å²) in [4.78, 5) is 38.4. The van der Waals surface area contributed by atoms with E-state index in [1.807, 2.05) is 6.07 Å². The van der Waals surface area contributed by atoms with Crippen LogP contribution < -0.4 is 5.32 Å². The third-order valence-electron chi connectivity index (χ3n) is 4.75. The fraction of sp³-hybridized carbons (Fsp3) is 0.278. The van der Waals surface area contributed by atoms with Crippen molar-refractivity contribution in [3.63, 3.8) is 0 Å². The Labute approximate surface area is 184 Å². The second kappa shape index (κ2) is 8.40. The number of carbonyl (C=O) groups is 3. The zero-order valence-corrected chi connectivity index (χ0v) is 17.7. The summed E-state index contributed by atoms with van der Waals surface area (Å²) in [5, 5.41) is 32.5. The van der Waals surface area contributed by atoms with Gasteiger partial charge in [-0.2, -0.15) is 5.26 Å². The summed E-state index contributed by atoms with van der Waals surface area (Å²) in [5.74, 6) is -1.46. The lowest BCUT2D eigenvalue weighted by Crippen LogP contribution is -2.70. The fourth-order valence-electron chi connectivity index (χ4n) is 3.24. The summed E-state index contributed by atoms with van der Waals surface area (Å²) in [5.41, 5.74) is 1.11. The molecule has 1 saturated heterocycles. The molecule has 2 N–H and O–H groups in total. The number of thioether (sulfide) groups is 2. The Bertz CT molecular complexity index is 1160. The van der Waals surface area contributed by atoms with Gasteiger partial charge < -0.3 is 10.4 Å². The summed E-state index contributed by atoms with van der Waals surface area (Å²) in [6, 6.07) is 7.26. The number of amides is 2. The summed E-state index contributed by atoms with van der Waals surface area (Å²) < 4.78 is 1.48. The number of hydrogen-bond donors (Lipinski definition) is 2. The van der Waals surface area contributed by atoms with Gasteiger partial charge in [-0.05, 0) is 34.2 Å². The molecule has 0 spiro atoms. The van der Waals surface area contributed by atoms with Crippen molar-refractivity contribution in [1.82, 2.24) is 30.4 Å². The maximum Gasteiger partial charge on any atom is 0.352 e. The van der Waals surface area contributed by atoms with Crippen molar-refractivity contribution in [3.05, 3.63) is 46.7 Å². The molecule has 3 heterocycles. The van der Waals surface area contributed by atoms with Crippen LogP contribution in [0, 0.1) is 11.3 Å². The average Bonchev–Trinajstić information content (AvgIpc) is 3.19. The molecule has 13 heteroatoms. The highest BCUT2D eigenvalue weighted by atomic mass is 32.2. The molecule has 0 bridgehead atoms. The van der Waals surface area contributed by atoms with Crippen LogP contribution in [0.5, 0.6) is 0 Å². The van der Waals surface area contributed by atoms with E-state index in [1.165, 1.54) is 39.2 Å². The minimum Gasteiger partial charge on any atom is -0.477 e. The molecule has 2 atom stereocenters. The third-order valence-corrected chi connectivity index (χ3v) is 7.18. The number of nitriles is 1. The van der Waals surface area contributed by atoms with E-state index in [9.17, 15) is 19.5 Å². The maximum absolute atomic E-state index is 12.7. The standard InChI is InChI=1S/C18H15N7O4S2/c1-24-18(21-22-23-24)31-8-11-7-30-16-12(15(27)25(16)13(11)17(28)29)20-14(26)10-4-2-3-9(5-10)6-19/h2-5,12,16H,7-8H2,1H3,(H,20,26)(H,28,29)/t12-,16-/m1/s1. The SMILES string of the molecule is Cn1nnnc1SCC1=C(C(=O)O)N2C(=O)[C@@H](NC(=O)c3cccc(C#N)c3)[C@H]2SC1. The van der Waals surface area contributed by atoms with Gasteiger partial charge in [0.15, 0.2) is 0 Å². The molecule has 0 saturated carbocycles. The minimum absolute atomic E-state index is 0.0617. The van der Waals surface area contributed by atoms with Gasteiger partial charge in [0.25, 0.3) is 11.8 Å². The molecule has 0 unspecified atom stereocenters. The zero-order valence-electron chi connectivity index (χ0n) is 16.1. The number of rotatable bonds is 6. The number of carboxylic acid groups (broad SMARTS) is 1. The number of nitrogens with one attached hydrogen (secondary N) is 1. The van der Waals surface area contributed by atoms with Crippen molar-refractivity contribution in [2.24, 2.45) is 7.05 Å². The summed E-state index contributed by atoms with van der Waals surface area (Å²) in [6.07, 6.45) is 0. The van der Waals surface area contributed by atoms with E-state index < -0.39 is 29.2 Å². The van der Waals surface area contributed by atoms with E-state index in [2.05, 4.69) is 20.8 Å². The van der Waals surface area contributed by atoms with Crippen LogP contribution in [0.2, 0.25) is 0 Å². The second-order valence-corrected chi connectivity index (χ2v) is 8.73. The van der Waals surface area contributed by atoms with Crippen molar-refractivity contribution in [2.45, 2.75) is 16.6 Å². The second-order valence-electron chi connectivity index (χ2n) is 6.68. The number of fused-ring (bicyclic) bond motifs is 1. The number of aliphatic carboxylic acids is 1. The molecule has 31 heavy (non-hydrogen) atoms. The van der Waals surface area contributed by atoms with Crippen LogP contribution in [0.15, 0.2) is 40.7 Å². The Morgan fingerprint density at radius 1 is 1.45 bits per heavy atom. The number of hydrogen-bond acceptors (Lipinski definition) is 9. The molecule has 158 valence electrons. The van der Waals surface area contributed by atoms with Crippen LogP contribution in [0.1, 0.15) is 15.9 Å². The molecule has 1 aromatic carbocycles. The van der Waals surface area contributed by atoms with Crippen LogP contribution >= 0.6 is 23.5 Å². The molecule has 0 radical (unpaired) electrons. The van der Waals surface area contributed by atoms with Gasteiger partial charge in [-0.3, -0.25) is 14.5 Å². The molecule has 1 fully saturated rings. The quantitative estimate of drug-likeness (QED) is 0.455. The number of aryl methyl sites for hydroxylation is 1. The number of carboxylic acids is 1. The largest absolute Gasteiger partial charge is 0.477 e. The van der Waals surface area contributed by atoms with Gasteiger partial charge in [0.05, 0.1) is 11.6 Å². The first-order valence-electron chi connectivity index (χ1n) is 8.97. The first-order chi connectivity index (χ1) is 14.9. The van der Waals surface area contributed by atoms with Crippen LogP contribution in [0.3, 0.4) is 0 Å². The van der Waals surface area contributed by atoms with Crippen molar-refractivity contribution in [1.29, 1.82) is 5.26 Å². The van der Waals surface area contributed by atoms with Crippen molar-refractivity contribution < 1.29 is 19.5 Å². The molecule has 11 nitrogen and oxygen atoms in total. The lowest BCUT2D eigenvalue weighted by molar-refractivity contribution is -0.148. The topological polar surface area (TPSA) is 154 Å². The lowest BCUT2D eigenvalue weighted by Gasteiger charge is -2.49. The Morgan fingerprint density at radius 2 is 2.26 bits per heavy atom. The molecule has 1 aromatic heterocycles. The van der Waals surface area contributed by atoms with E-state index in [4.69, 9.17) is 5.26 Å². The van der Waals surface area contributed by atoms with E-state index in [1.54, 1.807) is 25.2 Å². The van der Waals surface area contributed by atoms with Gasteiger partial charge in [0.2, 0.25) is 5.16 Å². The highest BCUT2D eigenvalue weighted by Crippen LogP contribution is 2.41. The minimum atomic E-state index is -1.20. The molecule has 2 amide bonds. The van der Waals surface area contributed by atoms with Crippen LogP contribution in [-0.4, -0.2) is 70.9 Å². The molecular weight excluding hydrogens is 442 g/mol. The van der Waals surface area contributed by atoms with Crippen molar-refractivity contribution >= 4 is 41.3 Å². The molecule has 2 aliphatic rings. The summed E-state index contributed by atoms with van der Waals surface area (Å²) in [6.45, 7) is 0. The molecule has 0 aliphatic carbocycles. The molecule has 2 aromatic rings. The van der Waals surface area contributed by atoms with Crippen molar-refractivity contribution in [2.75, 3.05) is 11.5 Å². The van der Waals surface area contributed by atoms with Gasteiger partial charge in [0.1, 0.15) is 17.1 Å². The first kappa shape index (κ1) is 20.9. The van der Waals surface area contributed by atoms with Gasteiger partial charge >= 0.3 is 5.97 Å². The molecule has 2 aliphatic heterocycles. The fourth-order valence-corrected chi connectivity index (χ4v) is 5.58. The number of aromatic nitrogens is 4. The molecular formula is C18H15N7O4S2. The lowest BCUT2D eigenvalue weighted by atomic mass is 10.0. The van der Waals surface area contributed by atoms with Gasteiger partial charge in [0, 0.05) is 24.1 Å².